The van der Waals surface area contributed by atoms with Crippen LogP contribution in [0.15, 0.2) is 48.5 Å². The lowest BCUT2D eigenvalue weighted by Crippen LogP contribution is -3.14. The van der Waals surface area contributed by atoms with Crippen LogP contribution in [-0.2, 0) is 6.61 Å². The van der Waals surface area contributed by atoms with E-state index in [2.05, 4.69) is 49.1 Å². The van der Waals surface area contributed by atoms with E-state index in [9.17, 15) is 0 Å². The Kier molecular flexibility index (Phi) is 6.05. The predicted molar refractivity (Wildman–Crippen MR) is 106 cm³/mol. The maximum Gasteiger partial charge on any atom is 0.130 e. The summed E-state index contributed by atoms with van der Waals surface area (Å²) in [6, 6.07) is 16.6. The molecule has 0 aliphatic carbocycles. The van der Waals surface area contributed by atoms with E-state index >= 15 is 0 Å². The Labute approximate surface area is 156 Å². The number of hydrogen-bond donors (Lipinski definition) is 1. The minimum absolute atomic E-state index is 0.563. The maximum atomic E-state index is 6.10. The molecule has 1 aliphatic rings. The summed E-state index contributed by atoms with van der Waals surface area (Å²) in [6.45, 7) is 10.5. The summed E-state index contributed by atoms with van der Waals surface area (Å²) in [4.78, 5) is 4.89. The van der Waals surface area contributed by atoms with Crippen molar-refractivity contribution < 1.29 is 9.64 Å². The first kappa shape index (κ1) is 17.9. The molecule has 0 amide bonds. The van der Waals surface area contributed by atoms with Gasteiger partial charge >= 0.3 is 0 Å². The molecule has 0 aromatic heterocycles. The number of para-hydroxylation sites is 1. The summed E-state index contributed by atoms with van der Waals surface area (Å²) in [6.07, 6.45) is 0. The summed E-state index contributed by atoms with van der Waals surface area (Å²) in [5.41, 5.74) is 3.47. The number of aryl methyl sites for hydroxylation is 1. The van der Waals surface area contributed by atoms with E-state index < -0.39 is 0 Å². The van der Waals surface area contributed by atoms with Crippen molar-refractivity contribution in [3.8, 4) is 5.75 Å². The largest absolute Gasteiger partial charge is 0.488 e. The molecule has 132 valence electrons. The fourth-order valence-corrected chi connectivity index (χ4v) is 3.52. The second-order valence-corrected chi connectivity index (χ2v) is 7.05. The number of benzene rings is 2. The zero-order chi connectivity index (χ0) is 17.6. The zero-order valence-electron chi connectivity index (χ0n) is 15.1. The highest BCUT2D eigenvalue weighted by molar-refractivity contribution is 7.80. The third kappa shape index (κ3) is 4.59. The highest BCUT2D eigenvalue weighted by Gasteiger charge is 2.22. The number of thiocarbonyl (C=S) groups is 1. The summed E-state index contributed by atoms with van der Waals surface area (Å²) < 4.78 is 6.10. The van der Waals surface area contributed by atoms with Crippen LogP contribution in [-0.4, -0.2) is 42.6 Å². The van der Waals surface area contributed by atoms with Gasteiger partial charge in [0.1, 0.15) is 17.3 Å². The normalized spacial score (nSPS) is 15.2. The van der Waals surface area contributed by atoms with E-state index in [4.69, 9.17) is 17.0 Å². The number of likely N-dealkylation sites (N-methyl/N-ethyl adjacent to an activating group) is 1. The highest BCUT2D eigenvalue weighted by Crippen LogP contribution is 2.22. The summed E-state index contributed by atoms with van der Waals surface area (Å²) in [5.74, 6) is 0.873. The molecule has 0 bridgehead atoms. The molecule has 1 heterocycles. The van der Waals surface area contributed by atoms with Crippen molar-refractivity contribution >= 4 is 17.2 Å². The Hall–Kier alpha value is -1.91. The van der Waals surface area contributed by atoms with Gasteiger partial charge in [-0.3, -0.25) is 0 Å². The molecule has 1 N–H and O–H groups in total. The van der Waals surface area contributed by atoms with Gasteiger partial charge in [0.25, 0.3) is 0 Å². The van der Waals surface area contributed by atoms with Crippen molar-refractivity contribution in [2.24, 2.45) is 0 Å². The molecule has 2 aromatic rings. The minimum Gasteiger partial charge on any atom is -0.488 e. The van der Waals surface area contributed by atoms with Crippen LogP contribution in [0, 0.1) is 6.92 Å². The Bertz CT molecular complexity index is 706. The van der Waals surface area contributed by atoms with Gasteiger partial charge in [0, 0.05) is 0 Å². The molecule has 1 saturated heterocycles. The molecular weight excluding hydrogens is 328 g/mol. The standard InChI is InChI=1S/C21H26N2OS/c1-3-22-12-14-23(15-13-22)21(25)19-6-4-5-7-20(19)24-16-18-10-8-17(2)9-11-18/h4-11H,3,12-16H2,1-2H3/p+1. The summed E-state index contributed by atoms with van der Waals surface area (Å²) in [7, 11) is 0. The number of hydrogen-bond acceptors (Lipinski definition) is 2. The number of nitrogens with one attached hydrogen (secondary N) is 1. The molecule has 0 atom stereocenters. The highest BCUT2D eigenvalue weighted by atomic mass is 32.1. The van der Waals surface area contributed by atoms with Gasteiger partial charge in [-0.15, -0.1) is 0 Å². The van der Waals surface area contributed by atoms with Crippen LogP contribution in [0.2, 0.25) is 0 Å². The van der Waals surface area contributed by atoms with Gasteiger partial charge in [0.05, 0.1) is 38.3 Å². The topological polar surface area (TPSA) is 16.9 Å². The van der Waals surface area contributed by atoms with Crippen molar-refractivity contribution in [1.29, 1.82) is 0 Å². The fourth-order valence-electron chi connectivity index (χ4n) is 3.16. The van der Waals surface area contributed by atoms with E-state index in [1.165, 1.54) is 17.7 Å². The molecule has 3 nitrogen and oxygen atoms in total. The summed E-state index contributed by atoms with van der Waals surface area (Å²) in [5, 5.41) is 0. The molecule has 25 heavy (non-hydrogen) atoms. The third-order valence-electron chi connectivity index (χ3n) is 4.89. The van der Waals surface area contributed by atoms with Crippen LogP contribution >= 0.6 is 12.2 Å². The first-order valence-corrected chi connectivity index (χ1v) is 9.48. The smallest absolute Gasteiger partial charge is 0.130 e. The van der Waals surface area contributed by atoms with E-state index in [0.29, 0.717) is 6.61 Å². The lowest BCUT2D eigenvalue weighted by Gasteiger charge is -2.33. The molecule has 4 heteroatoms. The monoisotopic (exact) mass is 355 g/mol. The molecule has 0 saturated carbocycles. The molecule has 0 radical (unpaired) electrons. The van der Waals surface area contributed by atoms with Gasteiger partial charge in [-0.2, -0.15) is 0 Å². The minimum atomic E-state index is 0.563. The second kappa shape index (κ2) is 8.45. The van der Waals surface area contributed by atoms with Gasteiger partial charge in [0.15, 0.2) is 0 Å². The summed E-state index contributed by atoms with van der Waals surface area (Å²) >= 11 is 5.79. The quantitative estimate of drug-likeness (QED) is 0.831. The molecule has 2 aromatic carbocycles. The van der Waals surface area contributed by atoms with Crippen LogP contribution in [0.5, 0.6) is 5.75 Å². The predicted octanol–water partition coefficient (Wildman–Crippen LogP) is 2.47. The van der Waals surface area contributed by atoms with Crippen LogP contribution in [0.25, 0.3) is 0 Å². The number of ether oxygens (including phenoxy) is 1. The Morgan fingerprint density at radius 2 is 1.76 bits per heavy atom. The van der Waals surface area contributed by atoms with Gasteiger partial charge in [-0.1, -0.05) is 54.2 Å². The van der Waals surface area contributed by atoms with Crippen molar-refractivity contribution in [2.75, 3.05) is 32.7 Å². The lowest BCUT2D eigenvalue weighted by atomic mass is 10.1. The molecule has 0 unspecified atom stereocenters. The van der Waals surface area contributed by atoms with Gasteiger partial charge in [-0.05, 0) is 31.5 Å². The van der Waals surface area contributed by atoms with E-state index in [-0.39, 0.29) is 0 Å². The molecule has 1 fully saturated rings. The van der Waals surface area contributed by atoms with Crippen molar-refractivity contribution in [3.63, 3.8) is 0 Å². The van der Waals surface area contributed by atoms with Gasteiger partial charge in [0.2, 0.25) is 0 Å². The van der Waals surface area contributed by atoms with Crippen molar-refractivity contribution in [2.45, 2.75) is 20.5 Å². The first-order valence-electron chi connectivity index (χ1n) is 9.07. The van der Waals surface area contributed by atoms with Crippen molar-refractivity contribution in [1.82, 2.24) is 4.90 Å². The van der Waals surface area contributed by atoms with Gasteiger partial charge < -0.3 is 14.5 Å². The van der Waals surface area contributed by atoms with Crippen LogP contribution < -0.4 is 9.64 Å². The van der Waals surface area contributed by atoms with Gasteiger partial charge in [-0.25, -0.2) is 0 Å². The maximum absolute atomic E-state index is 6.10. The molecule has 3 rings (SSSR count). The number of nitrogens with zero attached hydrogens (tertiary/aromatic N) is 1. The first-order chi connectivity index (χ1) is 12.2. The zero-order valence-corrected chi connectivity index (χ0v) is 15.9. The Morgan fingerprint density at radius 3 is 2.44 bits per heavy atom. The van der Waals surface area contributed by atoms with Crippen LogP contribution in [0.1, 0.15) is 23.6 Å². The lowest BCUT2D eigenvalue weighted by molar-refractivity contribution is -0.902. The number of quaternary nitrogens is 1. The van der Waals surface area contributed by atoms with E-state index in [1.807, 2.05) is 18.2 Å². The Balaban J connectivity index is 1.68. The average molecular weight is 356 g/mol. The molecular formula is C21H27N2OS+. The number of rotatable bonds is 5. The van der Waals surface area contributed by atoms with E-state index in [0.717, 1.165) is 42.5 Å². The Morgan fingerprint density at radius 1 is 1.08 bits per heavy atom. The number of piperazine rings is 1. The SMILES string of the molecule is CC[NH+]1CCN(C(=S)c2ccccc2OCc2ccc(C)cc2)CC1. The van der Waals surface area contributed by atoms with E-state index in [1.54, 1.807) is 4.90 Å². The van der Waals surface area contributed by atoms with Crippen molar-refractivity contribution in [3.05, 3.63) is 65.2 Å². The van der Waals surface area contributed by atoms with Crippen LogP contribution in [0.3, 0.4) is 0 Å². The fraction of sp³-hybridized carbons (Fsp3) is 0.381. The second-order valence-electron chi connectivity index (χ2n) is 6.67. The third-order valence-corrected chi connectivity index (χ3v) is 5.37. The molecule has 0 spiro atoms. The molecule has 1 aliphatic heterocycles. The van der Waals surface area contributed by atoms with Crippen LogP contribution in [0.4, 0.5) is 0 Å². The average Bonchev–Trinajstić information content (AvgIpc) is 2.67.